The Bertz CT molecular complexity index is 1080. The Labute approximate surface area is 168 Å². The number of halogens is 1. The van der Waals surface area contributed by atoms with Gasteiger partial charge in [-0.25, -0.2) is 0 Å². The molecule has 4 rings (SSSR count). The summed E-state index contributed by atoms with van der Waals surface area (Å²) in [5.74, 6) is 0.963. The van der Waals surface area contributed by atoms with Crippen molar-refractivity contribution in [2.75, 3.05) is 19.6 Å². The molecule has 7 heteroatoms. The molecule has 2 N–H and O–H groups in total. The van der Waals surface area contributed by atoms with Crippen molar-refractivity contribution in [3.8, 4) is 6.07 Å². The lowest BCUT2D eigenvalue weighted by atomic mass is 10.1. The topological polar surface area (TPSA) is 71.4 Å². The van der Waals surface area contributed by atoms with Crippen molar-refractivity contribution < 1.29 is 4.79 Å². The molecule has 2 aliphatic heterocycles. The van der Waals surface area contributed by atoms with Gasteiger partial charge in [0.25, 0.3) is 5.91 Å². The van der Waals surface area contributed by atoms with Gasteiger partial charge in [0.15, 0.2) is 0 Å². The van der Waals surface area contributed by atoms with E-state index in [1.54, 1.807) is 12.1 Å². The Kier molecular flexibility index (Phi) is 4.84. The molecule has 6 nitrogen and oxygen atoms in total. The van der Waals surface area contributed by atoms with Crippen molar-refractivity contribution in [1.82, 2.24) is 20.7 Å². The van der Waals surface area contributed by atoms with Gasteiger partial charge in [-0.3, -0.25) is 15.6 Å². The fraction of sp³-hybridized carbons (Fsp3) is 0.238. The fourth-order valence-corrected chi connectivity index (χ4v) is 3.92. The summed E-state index contributed by atoms with van der Waals surface area (Å²) in [6.45, 7) is 4.05. The normalized spacial score (nSPS) is 18.7. The highest BCUT2D eigenvalue weighted by Gasteiger charge is 2.29. The number of fused-ring (bicyclic) bond motifs is 1. The largest absolute Gasteiger partial charge is 0.350 e. The number of carbonyl (C=O) groups is 1. The number of nitriles is 1. The van der Waals surface area contributed by atoms with E-state index in [1.807, 2.05) is 41.3 Å². The van der Waals surface area contributed by atoms with Gasteiger partial charge in [-0.1, -0.05) is 29.8 Å². The Morgan fingerprint density at radius 2 is 1.93 bits per heavy atom. The van der Waals surface area contributed by atoms with Crippen LogP contribution in [0.1, 0.15) is 22.8 Å². The standard InChI is InChI=1S/C21H20ClN5O/c1-14-13-26(21(28)16-5-3-2-4-6-16)9-10-27(14)20-17-8-7-15(12-23)11-18(17)19(22)24-25-20/h2-8,11,14,24-25H,9-10,13H2,1H3/t14-/m1/s1. The van der Waals surface area contributed by atoms with Gasteiger partial charge in [-0.05, 0) is 37.3 Å². The molecule has 28 heavy (non-hydrogen) atoms. The number of nitrogens with one attached hydrogen (secondary N) is 2. The molecule has 2 aliphatic rings. The number of piperazine rings is 1. The molecule has 2 heterocycles. The van der Waals surface area contributed by atoms with Crippen molar-refractivity contribution in [1.29, 1.82) is 5.26 Å². The average molecular weight is 394 g/mol. The number of amides is 1. The van der Waals surface area contributed by atoms with E-state index >= 15 is 0 Å². The van der Waals surface area contributed by atoms with Crippen LogP contribution < -0.4 is 21.3 Å². The molecule has 0 aliphatic carbocycles. The first-order chi connectivity index (χ1) is 13.6. The van der Waals surface area contributed by atoms with Crippen molar-refractivity contribution in [3.05, 3.63) is 70.1 Å². The van der Waals surface area contributed by atoms with E-state index in [4.69, 9.17) is 16.9 Å². The van der Waals surface area contributed by atoms with Crippen LogP contribution in [0.25, 0.3) is 11.0 Å². The van der Waals surface area contributed by atoms with Crippen LogP contribution in [0.5, 0.6) is 0 Å². The second-order valence-corrected chi connectivity index (χ2v) is 7.32. The van der Waals surface area contributed by atoms with Crippen molar-refractivity contribution in [3.63, 3.8) is 0 Å². The third-order valence-corrected chi connectivity index (χ3v) is 5.45. The first-order valence-corrected chi connectivity index (χ1v) is 9.53. The van der Waals surface area contributed by atoms with Crippen molar-refractivity contribution >= 4 is 28.5 Å². The minimum Gasteiger partial charge on any atom is -0.350 e. The third kappa shape index (κ3) is 3.25. The summed E-state index contributed by atoms with van der Waals surface area (Å²) in [6, 6.07) is 17.1. The maximum Gasteiger partial charge on any atom is 0.253 e. The molecule has 0 bridgehead atoms. The first kappa shape index (κ1) is 18.2. The molecule has 1 amide bonds. The minimum atomic E-state index is 0.0577. The van der Waals surface area contributed by atoms with Crippen LogP contribution in [0, 0.1) is 11.3 Å². The van der Waals surface area contributed by atoms with Crippen LogP contribution in [0.15, 0.2) is 48.5 Å². The zero-order valence-electron chi connectivity index (χ0n) is 15.4. The van der Waals surface area contributed by atoms with E-state index in [-0.39, 0.29) is 11.9 Å². The Hall–Kier alpha value is -3.17. The number of rotatable bonds is 2. The fourth-order valence-electron chi connectivity index (χ4n) is 3.71. The van der Waals surface area contributed by atoms with E-state index < -0.39 is 0 Å². The van der Waals surface area contributed by atoms with Crippen LogP contribution in [0.4, 0.5) is 0 Å². The predicted octanol–water partition coefficient (Wildman–Crippen LogP) is 0.883. The van der Waals surface area contributed by atoms with Gasteiger partial charge in [-0.15, -0.1) is 0 Å². The molecule has 1 saturated heterocycles. The molecule has 1 fully saturated rings. The average Bonchev–Trinajstić information content (AvgIpc) is 2.74. The second kappa shape index (κ2) is 7.45. The summed E-state index contributed by atoms with van der Waals surface area (Å²) in [6.07, 6.45) is 0. The molecule has 142 valence electrons. The van der Waals surface area contributed by atoms with Crippen LogP contribution in [0.2, 0.25) is 0 Å². The van der Waals surface area contributed by atoms with Crippen molar-refractivity contribution in [2.24, 2.45) is 0 Å². The molecule has 0 saturated carbocycles. The van der Waals surface area contributed by atoms with Gasteiger partial charge in [0.05, 0.1) is 11.6 Å². The van der Waals surface area contributed by atoms with Gasteiger partial charge < -0.3 is 9.80 Å². The summed E-state index contributed by atoms with van der Waals surface area (Å²) in [7, 11) is 0. The Balaban J connectivity index is 1.63. The number of hydrogen-bond donors (Lipinski definition) is 2. The smallest absolute Gasteiger partial charge is 0.253 e. The van der Waals surface area contributed by atoms with Crippen LogP contribution in [-0.2, 0) is 0 Å². The Morgan fingerprint density at radius 3 is 2.64 bits per heavy atom. The summed E-state index contributed by atoms with van der Waals surface area (Å²) < 4.78 is 0. The molecule has 0 radical (unpaired) electrons. The van der Waals surface area contributed by atoms with E-state index in [0.29, 0.717) is 35.9 Å². The van der Waals surface area contributed by atoms with Gasteiger partial charge in [0.2, 0.25) is 0 Å². The lowest BCUT2D eigenvalue weighted by Crippen LogP contribution is -2.59. The third-order valence-electron chi connectivity index (χ3n) is 5.15. The van der Waals surface area contributed by atoms with E-state index in [0.717, 1.165) is 16.3 Å². The van der Waals surface area contributed by atoms with E-state index in [1.165, 1.54) is 0 Å². The number of nitrogens with zero attached hydrogens (tertiary/aromatic N) is 3. The summed E-state index contributed by atoms with van der Waals surface area (Å²) in [4.78, 5) is 16.9. The van der Waals surface area contributed by atoms with Crippen LogP contribution in [-0.4, -0.2) is 41.4 Å². The van der Waals surface area contributed by atoms with Gasteiger partial charge in [-0.2, -0.15) is 5.26 Å². The van der Waals surface area contributed by atoms with E-state index in [9.17, 15) is 4.79 Å². The summed E-state index contributed by atoms with van der Waals surface area (Å²) in [5, 5.41) is 11.4. The number of hydrazine groups is 1. The number of benzene rings is 2. The molecule has 0 spiro atoms. The minimum absolute atomic E-state index is 0.0577. The number of carbonyl (C=O) groups excluding carboxylic acids is 1. The molecular weight excluding hydrogens is 374 g/mol. The molecule has 0 aromatic heterocycles. The van der Waals surface area contributed by atoms with Gasteiger partial charge >= 0.3 is 0 Å². The lowest BCUT2D eigenvalue weighted by molar-refractivity contribution is 0.0608. The highest BCUT2D eigenvalue weighted by molar-refractivity contribution is 6.44. The number of hydrogen-bond acceptors (Lipinski definition) is 5. The summed E-state index contributed by atoms with van der Waals surface area (Å²) >= 11 is 6.30. The highest BCUT2D eigenvalue weighted by Crippen LogP contribution is 2.17. The maximum atomic E-state index is 12.8. The molecule has 2 aromatic rings. The molecule has 0 unspecified atom stereocenters. The van der Waals surface area contributed by atoms with Gasteiger partial charge in [0.1, 0.15) is 11.0 Å². The maximum absolute atomic E-state index is 12.8. The monoisotopic (exact) mass is 393 g/mol. The molecule has 1 atom stereocenters. The van der Waals surface area contributed by atoms with Crippen molar-refractivity contribution in [2.45, 2.75) is 13.0 Å². The molecule has 2 aromatic carbocycles. The zero-order valence-corrected chi connectivity index (χ0v) is 16.2. The first-order valence-electron chi connectivity index (χ1n) is 9.16. The van der Waals surface area contributed by atoms with Gasteiger partial charge in [0, 0.05) is 41.7 Å². The quantitative estimate of drug-likeness (QED) is 0.741. The molecular formula is C21H20ClN5O. The highest BCUT2D eigenvalue weighted by atomic mass is 35.5. The van der Waals surface area contributed by atoms with Crippen LogP contribution >= 0.6 is 11.6 Å². The zero-order chi connectivity index (χ0) is 19.7. The van der Waals surface area contributed by atoms with E-state index in [2.05, 4.69) is 28.7 Å². The summed E-state index contributed by atoms with van der Waals surface area (Å²) in [5.41, 5.74) is 7.43. The lowest BCUT2D eigenvalue weighted by Gasteiger charge is -2.43. The Morgan fingerprint density at radius 1 is 1.14 bits per heavy atom. The van der Waals surface area contributed by atoms with Crippen LogP contribution in [0.3, 0.4) is 0 Å². The predicted molar refractivity (Wildman–Crippen MR) is 108 cm³/mol. The second-order valence-electron chi connectivity index (χ2n) is 6.94. The SMILES string of the molecule is C[C@@H]1CN(C(=O)c2ccccc2)CCN1C1=c2ccc(C#N)cc2=C(Cl)NN1.